The number of nitrogens with zero attached hydrogens (tertiary/aromatic N) is 1. The molecular weight excluding hydrogens is 384 g/mol. The lowest BCUT2D eigenvalue weighted by Gasteiger charge is -2.19. The van der Waals surface area contributed by atoms with Crippen LogP contribution in [0.5, 0.6) is 0 Å². The Morgan fingerprint density at radius 2 is 1.73 bits per heavy atom. The van der Waals surface area contributed by atoms with Crippen LogP contribution in [-0.4, -0.2) is 34.4 Å². The van der Waals surface area contributed by atoms with E-state index >= 15 is 0 Å². The van der Waals surface area contributed by atoms with Gasteiger partial charge in [-0.25, -0.2) is 14.6 Å². The van der Waals surface area contributed by atoms with Crippen LogP contribution < -0.4 is 10.6 Å². The van der Waals surface area contributed by atoms with Crippen LogP contribution in [0.3, 0.4) is 0 Å². The van der Waals surface area contributed by atoms with Gasteiger partial charge in [-0.2, -0.15) is 0 Å². The Labute approximate surface area is 174 Å². The van der Waals surface area contributed by atoms with Gasteiger partial charge in [0.1, 0.15) is 18.0 Å². The fourth-order valence-electron chi connectivity index (χ4n) is 2.64. The number of imidazole rings is 1. The van der Waals surface area contributed by atoms with Crippen LogP contribution in [0.4, 0.5) is 21.0 Å². The lowest BCUT2D eigenvalue weighted by atomic mass is 10.2. The van der Waals surface area contributed by atoms with Gasteiger partial charge in [-0.1, -0.05) is 12.7 Å². The van der Waals surface area contributed by atoms with Gasteiger partial charge in [-0.3, -0.25) is 10.6 Å². The summed E-state index contributed by atoms with van der Waals surface area (Å²) in [4.78, 5) is 31.4. The third-order valence-corrected chi connectivity index (χ3v) is 3.87. The summed E-state index contributed by atoms with van der Waals surface area (Å²) in [6.45, 7) is 9.06. The molecule has 0 spiro atoms. The predicted octanol–water partition coefficient (Wildman–Crippen LogP) is 5.31. The summed E-state index contributed by atoms with van der Waals surface area (Å²) < 4.78 is 10.2. The Kier molecular flexibility index (Phi) is 6.06. The molecular formula is C22H24N4O4. The van der Waals surface area contributed by atoms with Crippen molar-refractivity contribution >= 4 is 34.6 Å². The number of hydrogen-bond acceptors (Lipinski definition) is 5. The van der Waals surface area contributed by atoms with Gasteiger partial charge in [0, 0.05) is 16.9 Å². The summed E-state index contributed by atoms with van der Waals surface area (Å²) >= 11 is 0. The standard InChI is InChI=1S/C22H24N4O4/c1-5-12-29-20(27)24-16-10-11-17-18(13-16)26-19(25-17)14-6-8-15(9-7-14)23-21(28)30-22(2,3)4/h5-11,13H,1,12H2,2-4H3,(H,23,28)(H,24,27)(H,25,26). The lowest BCUT2D eigenvalue weighted by molar-refractivity contribution is 0.0636. The number of amides is 2. The SMILES string of the molecule is C=CCOC(=O)Nc1ccc2[nH]c(-c3ccc(NC(=O)OC(C)(C)C)cc3)nc2c1. The third kappa shape index (κ3) is 5.60. The minimum absolute atomic E-state index is 0.138. The molecule has 8 heteroatoms. The van der Waals surface area contributed by atoms with Crippen molar-refractivity contribution < 1.29 is 19.1 Å². The van der Waals surface area contributed by atoms with Gasteiger partial charge in [-0.15, -0.1) is 0 Å². The molecule has 0 saturated heterocycles. The summed E-state index contributed by atoms with van der Waals surface area (Å²) in [7, 11) is 0. The molecule has 0 atom stereocenters. The Balaban J connectivity index is 1.71. The highest BCUT2D eigenvalue weighted by Crippen LogP contribution is 2.24. The zero-order valence-electron chi connectivity index (χ0n) is 17.1. The average Bonchev–Trinajstić information content (AvgIpc) is 3.08. The van der Waals surface area contributed by atoms with Gasteiger partial charge in [0.05, 0.1) is 11.0 Å². The Morgan fingerprint density at radius 3 is 2.40 bits per heavy atom. The van der Waals surface area contributed by atoms with Crippen LogP contribution in [0, 0.1) is 0 Å². The first-order valence-corrected chi connectivity index (χ1v) is 9.38. The number of aromatic nitrogens is 2. The van der Waals surface area contributed by atoms with Gasteiger partial charge in [0.2, 0.25) is 0 Å². The van der Waals surface area contributed by atoms with Crippen LogP contribution >= 0.6 is 0 Å². The smallest absolute Gasteiger partial charge is 0.412 e. The van der Waals surface area contributed by atoms with Crippen molar-refractivity contribution in [1.29, 1.82) is 0 Å². The number of anilines is 2. The van der Waals surface area contributed by atoms with E-state index in [-0.39, 0.29) is 6.61 Å². The van der Waals surface area contributed by atoms with Crippen molar-refractivity contribution in [1.82, 2.24) is 9.97 Å². The van der Waals surface area contributed by atoms with Gasteiger partial charge >= 0.3 is 12.2 Å². The highest BCUT2D eigenvalue weighted by molar-refractivity contribution is 5.90. The zero-order chi connectivity index (χ0) is 21.7. The molecule has 2 amide bonds. The van der Waals surface area contributed by atoms with E-state index in [0.717, 1.165) is 11.1 Å². The van der Waals surface area contributed by atoms with Crippen molar-refractivity contribution in [3.05, 3.63) is 55.1 Å². The normalized spacial score (nSPS) is 11.0. The van der Waals surface area contributed by atoms with Crippen molar-refractivity contribution in [3.8, 4) is 11.4 Å². The van der Waals surface area contributed by atoms with Crippen LogP contribution in [0.2, 0.25) is 0 Å². The van der Waals surface area contributed by atoms with Gasteiger partial charge in [0.25, 0.3) is 0 Å². The molecule has 3 rings (SSSR count). The molecule has 0 aliphatic carbocycles. The molecule has 0 unspecified atom stereocenters. The molecule has 0 aliphatic rings. The summed E-state index contributed by atoms with van der Waals surface area (Å²) in [6.07, 6.45) is 0.431. The molecule has 0 radical (unpaired) electrons. The minimum atomic E-state index is -0.561. The number of ether oxygens (including phenoxy) is 2. The Bertz CT molecular complexity index is 1060. The largest absolute Gasteiger partial charge is 0.445 e. The lowest BCUT2D eigenvalue weighted by Crippen LogP contribution is -2.27. The number of hydrogen-bond donors (Lipinski definition) is 3. The number of H-pyrrole nitrogens is 1. The van der Waals surface area contributed by atoms with Crippen LogP contribution in [0.15, 0.2) is 55.1 Å². The third-order valence-electron chi connectivity index (χ3n) is 3.87. The highest BCUT2D eigenvalue weighted by atomic mass is 16.6. The molecule has 0 aliphatic heterocycles. The fraction of sp³-hybridized carbons (Fsp3) is 0.227. The van der Waals surface area contributed by atoms with Gasteiger partial charge in [0.15, 0.2) is 0 Å². The topological polar surface area (TPSA) is 105 Å². The second-order valence-corrected chi connectivity index (χ2v) is 7.53. The minimum Gasteiger partial charge on any atom is -0.445 e. The van der Waals surface area contributed by atoms with E-state index < -0.39 is 17.8 Å². The number of aromatic amines is 1. The Morgan fingerprint density at radius 1 is 1.07 bits per heavy atom. The van der Waals surface area contributed by atoms with E-state index in [1.165, 1.54) is 6.08 Å². The summed E-state index contributed by atoms with van der Waals surface area (Å²) in [6, 6.07) is 12.6. The molecule has 1 heterocycles. The fourth-order valence-corrected chi connectivity index (χ4v) is 2.64. The van der Waals surface area contributed by atoms with E-state index in [1.54, 1.807) is 24.3 Å². The maximum atomic E-state index is 11.9. The van der Waals surface area contributed by atoms with Crippen molar-refractivity contribution in [3.63, 3.8) is 0 Å². The van der Waals surface area contributed by atoms with E-state index in [2.05, 4.69) is 27.2 Å². The molecule has 8 nitrogen and oxygen atoms in total. The van der Waals surface area contributed by atoms with E-state index in [4.69, 9.17) is 9.47 Å². The molecule has 2 aromatic carbocycles. The number of fused-ring (bicyclic) bond motifs is 1. The number of rotatable bonds is 5. The van der Waals surface area contributed by atoms with E-state index in [0.29, 0.717) is 22.7 Å². The first-order valence-electron chi connectivity index (χ1n) is 9.38. The van der Waals surface area contributed by atoms with Crippen LogP contribution in [-0.2, 0) is 9.47 Å². The zero-order valence-corrected chi connectivity index (χ0v) is 17.1. The quantitative estimate of drug-likeness (QED) is 0.496. The first kappa shape index (κ1) is 20.9. The number of carbonyl (C=O) groups excluding carboxylic acids is 2. The predicted molar refractivity (Wildman–Crippen MR) is 117 cm³/mol. The maximum Gasteiger partial charge on any atom is 0.412 e. The molecule has 156 valence electrons. The molecule has 3 aromatic rings. The molecule has 3 N–H and O–H groups in total. The van der Waals surface area contributed by atoms with Crippen molar-refractivity contribution in [2.75, 3.05) is 17.2 Å². The Hall–Kier alpha value is -3.81. The number of carbonyl (C=O) groups is 2. The molecule has 1 aromatic heterocycles. The first-order chi connectivity index (χ1) is 14.2. The number of nitrogens with one attached hydrogen (secondary N) is 3. The monoisotopic (exact) mass is 408 g/mol. The second kappa shape index (κ2) is 8.69. The average molecular weight is 408 g/mol. The summed E-state index contributed by atoms with van der Waals surface area (Å²) in [5.41, 5.74) is 3.00. The van der Waals surface area contributed by atoms with E-state index in [9.17, 15) is 9.59 Å². The maximum absolute atomic E-state index is 11.9. The van der Waals surface area contributed by atoms with Crippen LogP contribution in [0.1, 0.15) is 20.8 Å². The van der Waals surface area contributed by atoms with E-state index in [1.807, 2.05) is 39.0 Å². The summed E-state index contributed by atoms with van der Waals surface area (Å²) in [5, 5.41) is 5.34. The van der Waals surface area contributed by atoms with Crippen LogP contribution in [0.25, 0.3) is 22.4 Å². The van der Waals surface area contributed by atoms with Crippen molar-refractivity contribution in [2.45, 2.75) is 26.4 Å². The molecule has 30 heavy (non-hydrogen) atoms. The van der Waals surface area contributed by atoms with Crippen molar-refractivity contribution in [2.24, 2.45) is 0 Å². The van der Waals surface area contributed by atoms with Gasteiger partial charge < -0.3 is 14.5 Å². The number of benzene rings is 2. The van der Waals surface area contributed by atoms with Gasteiger partial charge in [-0.05, 0) is 63.2 Å². The highest BCUT2D eigenvalue weighted by Gasteiger charge is 2.16. The molecule has 0 bridgehead atoms. The summed E-state index contributed by atoms with van der Waals surface area (Å²) in [5.74, 6) is 0.667. The molecule has 0 fully saturated rings. The molecule has 0 saturated carbocycles. The second-order valence-electron chi connectivity index (χ2n) is 7.53.